The number of hydrogen-bond acceptors (Lipinski definition) is 7. The minimum absolute atomic E-state index is 0.0907. The van der Waals surface area contributed by atoms with E-state index in [1.165, 1.54) is 12.1 Å². The number of carbonyl (C=O) groups excluding carboxylic acids is 3. The molecule has 0 saturated carbocycles. The number of morpholine rings is 1. The number of non-ortho nitro benzene ring substituents is 1. The van der Waals surface area contributed by atoms with Crippen molar-refractivity contribution in [2.75, 3.05) is 16.3 Å². The molecule has 10 nitrogen and oxygen atoms in total. The topological polar surface area (TPSA) is 122 Å². The van der Waals surface area contributed by atoms with Crippen molar-refractivity contribution < 1.29 is 24.0 Å². The molecule has 3 aliphatic heterocycles. The van der Waals surface area contributed by atoms with E-state index >= 15 is 0 Å². The third-order valence-corrected chi connectivity index (χ3v) is 7.47. The lowest BCUT2D eigenvalue weighted by Gasteiger charge is -2.56. The van der Waals surface area contributed by atoms with Crippen molar-refractivity contribution in [1.82, 2.24) is 5.32 Å². The van der Waals surface area contributed by atoms with Crippen LogP contribution in [-0.2, 0) is 20.7 Å². The molecule has 1 spiro atoms. The van der Waals surface area contributed by atoms with E-state index in [9.17, 15) is 24.5 Å². The largest absolute Gasteiger partial charge is 0.372 e. The first-order valence-corrected chi connectivity index (χ1v) is 11.5. The normalized spacial score (nSPS) is 28.0. The van der Waals surface area contributed by atoms with Gasteiger partial charge < -0.3 is 9.64 Å². The Hall–Kier alpha value is -3.79. The quantitative estimate of drug-likeness (QED) is 0.400. The maximum absolute atomic E-state index is 14.3. The molecule has 0 aliphatic carbocycles. The number of nitrogens with zero attached hydrogens (tertiary/aromatic N) is 3. The van der Waals surface area contributed by atoms with Crippen molar-refractivity contribution in [2.45, 2.75) is 52.4 Å². The number of fused-ring (bicyclic) bond motifs is 4. The van der Waals surface area contributed by atoms with Crippen LogP contribution >= 0.6 is 0 Å². The predicted molar refractivity (Wildman–Crippen MR) is 127 cm³/mol. The van der Waals surface area contributed by atoms with E-state index in [1.54, 1.807) is 18.2 Å². The van der Waals surface area contributed by atoms with Crippen LogP contribution in [0, 0.1) is 29.4 Å². The molecule has 10 heteroatoms. The van der Waals surface area contributed by atoms with Crippen LogP contribution in [0.2, 0.25) is 0 Å². The Labute approximate surface area is 202 Å². The maximum atomic E-state index is 14.3. The molecule has 4 atom stereocenters. The van der Waals surface area contributed by atoms with Crippen molar-refractivity contribution in [1.29, 1.82) is 0 Å². The second-order valence-electron chi connectivity index (χ2n) is 9.59. The van der Waals surface area contributed by atoms with Gasteiger partial charge in [-0.25, -0.2) is 9.69 Å². The van der Waals surface area contributed by atoms with Gasteiger partial charge in [0.05, 0.1) is 28.9 Å². The highest BCUT2D eigenvalue weighted by atomic mass is 16.6. The van der Waals surface area contributed by atoms with Crippen LogP contribution in [0.25, 0.3) is 0 Å². The molecular weight excluding hydrogens is 452 g/mol. The fourth-order valence-electron chi connectivity index (χ4n) is 5.82. The monoisotopic (exact) mass is 478 g/mol. The highest BCUT2D eigenvalue weighted by Gasteiger charge is 2.65. The number of hydrogen-bond donors (Lipinski definition) is 1. The number of rotatable bonds is 2. The Kier molecular flexibility index (Phi) is 5.17. The first-order valence-electron chi connectivity index (χ1n) is 11.5. The number of carbonyl (C=O) groups is 3. The summed E-state index contributed by atoms with van der Waals surface area (Å²) in [6.07, 6.45) is -0.810. The van der Waals surface area contributed by atoms with E-state index in [2.05, 4.69) is 5.32 Å². The van der Waals surface area contributed by atoms with Crippen LogP contribution < -0.4 is 15.1 Å². The summed E-state index contributed by atoms with van der Waals surface area (Å²) in [4.78, 5) is 55.0. The number of benzene rings is 2. The lowest BCUT2D eigenvalue weighted by molar-refractivity contribution is -0.384. The number of nitro benzene ring substituents is 1. The number of ether oxygens (including phenoxy) is 1. The summed E-state index contributed by atoms with van der Waals surface area (Å²) in [7, 11) is 0. The SMILES string of the molecule is Cc1cccc(N2C(=O)NC(=O)[C@]3(Cc4cc([N+](=O)[O-])ccc4N4C[C@@H](C)O[C@H](C)[C@H]43)C2=O)c1C. The van der Waals surface area contributed by atoms with Gasteiger partial charge in [0.15, 0.2) is 5.41 Å². The van der Waals surface area contributed by atoms with Gasteiger partial charge in [0.1, 0.15) is 0 Å². The molecule has 5 rings (SSSR count). The standard InChI is InChI=1S/C25H26N4O6/c1-13-6-5-7-19(15(13)3)28-23(31)25(22(30)26-24(28)32)11-17-10-18(29(33)34)8-9-20(17)27-12-14(2)35-16(4)21(25)27/h5-10,14,16,21H,11-12H2,1-4H3,(H,26,30,32)/t14-,16-,21+,25-/m1/s1. The third kappa shape index (κ3) is 3.23. The molecule has 2 aromatic rings. The lowest BCUT2D eigenvalue weighted by atomic mass is 9.66. The number of amides is 4. The smallest absolute Gasteiger partial charge is 0.335 e. The van der Waals surface area contributed by atoms with Gasteiger partial charge >= 0.3 is 6.03 Å². The number of barbiturate groups is 1. The van der Waals surface area contributed by atoms with Crippen LogP contribution in [0.15, 0.2) is 36.4 Å². The van der Waals surface area contributed by atoms with E-state index in [0.717, 1.165) is 21.7 Å². The van der Waals surface area contributed by atoms with E-state index in [-0.39, 0.29) is 18.2 Å². The second kappa shape index (κ2) is 7.88. The summed E-state index contributed by atoms with van der Waals surface area (Å²) in [5, 5.41) is 13.9. The van der Waals surface area contributed by atoms with Crippen LogP contribution in [-0.4, -0.2) is 47.6 Å². The van der Waals surface area contributed by atoms with E-state index < -0.39 is 40.3 Å². The third-order valence-electron chi connectivity index (χ3n) is 7.47. The van der Waals surface area contributed by atoms with Crippen molar-refractivity contribution in [3.63, 3.8) is 0 Å². The van der Waals surface area contributed by atoms with Crippen LogP contribution in [0.1, 0.15) is 30.5 Å². The average molecular weight is 479 g/mol. The molecule has 2 saturated heterocycles. The van der Waals surface area contributed by atoms with Gasteiger partial charge in [-0.1, -0.05) is 12.1 Å². The van der Waals surface area contributed by atoms with Gasteiger partial charge in [0, 0.05) is 30.8 Å². The Morgan fingerprint density at radius 1 is 1.11 bits per heavy atom. The van der Waals surface area contributed by atoms with Crippen molar-refractivity contribution in [3.8, 4) is 0 Å². The number of nitrogens with one attached hydrogen (secondary N) is 1. The summed E-state index contributed by atoms with van der Waals surface area (Å²) >= 11 is 0. The minimum Gasteiger partial charge on any atom is -0.372 e. The zero-order chi connectivity index (χ0) is 25.2. The number of anilines is 2. The number of urea groups is 1. The van der Waals surface area contributed by atoms with Gasteiger partial charge in [-0.2, -0.15) is 0 Å². The summed E-state index contributed by atoms with van der Waals surface area (Å²) in [6, 6.07) is 8.28. The molecule has 0 aromatic heterocycles. The van der Waals surface area contributed by atoms with E-state index in [1.807, 2.05) is 38.7 Å². The molecule has 4 amide bonds. The number of imide groups is 2. The van der Waals surface area contributed by atoms with Crippen molar-refractivity contribution >= 4 is 34.9 Å². The van der Waals surface area contributed by atoms with Crippen LogP contribution in [0.5, 0.6) is 0 Å². The molecule has 2 fully saturated rings. The summed E-state index contributed by atoms with van der Waals surface area (Å²) in [5.74, 6) is -1.37. The zero-order valence-electron chi connectivity index (χ0n) is 19.9. The predicted octanol–water partition coefficient (Wildman–Crippen LogP) is 3.02. The molecular formula is C25H26N4O6. The van der Waals surface area contributed by atoms with Crippen molar-refractivity contribution in [2.24, 2.45) is 5.41 Å². The average Bonchev–Trinajstić information content (AvgIpc) is 2.79. The molecule has 3 aliphatic rings. The molecule has 182 valence electrons. The Balaban J connectivity index is 1.73. The Bertz CT molecular complexity index is 1290. The lowest BCUT2D eigenvalue weighted by Crippen LogP contribution is -2.76. The molecule has 35 heavy (non-hydrogen) atoms. The van der Waals surface area contributed by atoms with Gasteiger partial charge in [-0.3, -0.25) is 25.0 Å². The molecule has 3 heterocycles. The van der Waals surface area contributed by atoms with Crippen LogP contribution in [0.4, 0.5) is 21.9 Å². The molecule has 1 N–H and O–H groups in total. The van der Waals surface area contributed by atoms with Gasteiger partial charge in [0.25, 0.3) is 11.6 Å². The van der Waals surface area contributed by atoms with Gasteiger partial charge in [-0.15, -0.1) is 0 Å². The molecule has 0 bridgehead atoms. The Morgan fingerprint density at radius 3 is 2.57 bits per heavy atom. The number of aryl methyl sites for hydroxylation is 1. The van der Waals surface area contributed by atoms with Crippen LogP contribution in [0.3, 0.4) is 0 Å². The molecule has 2 aromatic carbocycles. The van der Waals surface area contributed by atoms with E-state index in [0.29, 0.717) is 17.8 Å². The fraction of sp³-hybridized carbons (Fsp3) is 0.400. The van der Waals surface area contributed by atoms with E-state index in [4.69, 9.17) is 4.74 Å². The minimum atomic E-state index is -1.72. The summed E-state index contributed by atoms with van der Waals surface area (Å²) < 4.78 is 6.08. The molecule has 0 radical (unpaired) electrons. The second-order valence-corrected chi connectivity index (χ2v) is 9.59. The summed E-state index contributed by atoms with van der Waals surface area (Å²) in [6.45, 7) is 7.79. The zero-order valence-corrected chi connectivity index (χ0v) is 19.9. The highest BCUT2D eigenvalue weighted by molar-refractivity contribution is 6.31. The fourth-order valence-corrected chi connectivity index (χ4v) is 5.82. The highest BCUT2D eigenvalue weighted by Crippen LogP contribution is 2.49. The first kappa shape index (κ1) is 23.0. The first-order chi connectivity index (χ1) is 16.6. The van der Waals surface area contributed by atoms with Gasteiger partial charge in [0.2, 0.25) is 5.91 Å². The summed E-state index contributed by atoms with van der Waals surface area (Å²) in [5.41, 5.74) is 1.42. The van der Waals surface area contributed by atoms with Crippen molar-refractivity contribution in [3.05, 3.63) is 63.2 Å². The number of nitro groups is 1. The Morgan fingerprint density at radius 2 is 1.86 bits per heavy atom. The maximum Gasteiger partial charge on any atom is 0.335 e. The van der Waals surface area contributed by atoms with Gasteiger partial charge in [-0.05, 0) is 56.5 Å². The molecule has 0 unspecified atom stereocenters.